The molecule has 4 aromatic rings. The number of hydrogen-bond acceptors (Lipinski definition) is 3. The van der Waals surface area contributed by atoms with E-state index < -0.39 is 5.82 Å². The molecule has 0 aliphatic heterocycles. The van der Waals surface area contributed by atoms with E-state index in [-0.39, 0.29) is 10.8 Å². The van der Waals surface area contributed by atoms with E-state index >= 15 is 0 Å². The molecule has 4 rings (SSSR count). The topological polar surface area (TPSA) is 53.6 Å². The highest BCUT2D eigenvalue weighted by Gasteiger charge is 2.11. The van der Waals surface area contributed by atoms with Crippen molar-refractivity contribution in [1.82, 2.24) is 15.0 Å². The van der Waals surface area contributed by atoms with Crippen LogP contribution in [0.1, 0.15) is 0 Å². The second-order valence-corrected chi connectivity index (χ2v) is 5.81. The maximum absolute atomic E-state index is 13.4. The number of halogens is 3. The van der Waals surface area contributed by atoms with Crippen LogP contribution >= 0.6 is 11.6 Å². The molecule has 0 unspecified atom stereocenters. The van der Waals surface area contributed by atoms with Gasteiger partial charge < -0.3 is 10.3 Å². The highest BCUT2D eigenvalue weighted by Crippen LogP contribution is 2.28. The number of aromatic nitrogens is 3. The number of imidazole rings is 1. The SMILES string of the molecule is Fc1cccc(-c2nc3c(Nc4ccc(F)c(Cl)c4)nccc3[nH]2)c1. The van der Waals surface area contributed by atoms with Crippen LogP contribution in [-0.2, 0) is 0 Å². The summed E-state index contributed by atoms with van der Waals surface area (Å²) in [6.45, 7) is 0. The molecule has 0 amide bonds. The summed E-state index contributed by atoms with van der Waals surface area (Å²) in [7, 11) is 0. The zero-order chi connectivity index (χ0) is 17.4. The van der Waals surface area contributed by atoms with Gasteiger partial charge in [0.15, 0.2) is 5.82 Å². The van der Waals surface area contributed by atoms with Gasteiger partial charge in [-0.15, -0.1) is 0 Å². The van der Waals surface area contributed by atoms with Crippen molar-refractivity contribution < 1.29 is 8.78 Å². The number of benzene rings is 2. The average molecular weight is 357 g/mol. The van der Waals surface area contributed by atoms with E-state index in [9.17, 15) is 8.78 Å². The van der Waals surface area contributed by atoms with E-state index in [1.165, 1.54) is 24.3 Å². The first-order chi connectivity index (χ1) is 12.1. The Morgan fingerprint density at radius 3 is 2.72 bits per heavy atom. The van der Waals surface area contributed by atoms with Gasteiger partial charge in [0.1, 0.15) is 23.0 Å². The van der Waals surface area contributed by atoms with Crippen molar-refractivity contribution in [3.63, 3.8) is 0 Å². The van der Waals surface area contributed by atoms with Crippen LogP contribution in [-0.4, -0.2) is 15.0 Å². The van der Waals surface area contributed by atoms with Crippen molar-refractivity contribution in [2.45, 2.75) is 0 Å². The summed E-state index contributed by atoms with van der Waals surface area (Å²) >= 11 is 5.80. The van der Waals surface area contributed by atoms with E-state index in [4.69, 9.17) is 11.6 Å². The number of fused-ring (bicyclic) bond motifs is 1. The molecular formula is C18H11ClF2N4. The zero-order valence-electron chi connectivity index (χ0n) is 12.7. The molecule has 0 saturated carbocycles. The van der Waals surface area contributed by atoms with Crippen molar-refractivity contribution in [2.24, 2.45) is 0 Å². The number of aromatic amines is 1. The molecule has 25 heavy (non-hydrogen) atoms. The lowest BCUT2D eigenvalue weighted by atomic mass is 10.2. The maximum atomic E-state index is 13.4. The maximum Gasteiger partial charge on any atom is 0.158 e. The Labute approximate surface area is 146 Å². The summed E-state index contributed by atoms with van der Waals surface area (Å²) in [5.41, 5.74) is 2.54. The number of anilines is 2. The van der Waals surface area contributed by atoms with Crippen LogP contribution in [0.3, 0.4) is 0 Å². The van der Waals surface area contributed by atoms with Gasteiger partial charge in [-0.1, -0.05) is 23.7 Å². The van der Waals surface area contributed by atoms with E-state index in [0.29, 0.717) is 28.4 Å². The van der Waals surface area contributed by atoms with Crippen LogP contribution in [0.15, 0.2) is 54.7 Å². The fourth-order valence-corrected chi connectivity index (χ4v) is 2.69. The Morgan fingerprint density at radius 1 is 1.04 bits per heavy atom. The molecule has 2 N–H and O–H groups in total. The number of nitrogens with zero attached hydrogens (tertiary/aromatic N) is 2. The standard InChI is InChI=1S/C18H11ClF2N4/c19-13-9-12(4-5-14(13)21)23-18-16-15(6-7-22-18)24-17(25-16)10-2-1-3-11(20)8-10/h1-9H,(H,22,23)(H,24,25). The fraction of sp³-hybridized carbons (Fsp3) is 0. The van der Waals surface area contributed by atoms with E-state index in [2.05, 4.69) is 20.3 Å². The Hall–Kier alpha value is -2.99. The fourth-order valence-electron chi connectivity index (χ4n) is 2.51. The van der Waals surface area contributed by atoms with Gasteiger partial charge in [-0.05, 0) is 36.4 Å². The van der Waals surface area contributed by atoms with E-state index in [0.717, 1.165) is 5.52 Å². The predicted octanol–water partition coefficient (Wildman–Crippen LogP) is 5.30. The smallest absolute Gasteiger partial charge is 0.158 e. The number of H-pyrrole nitrogens is 1. The van der Waals surface area contributed by atoms with Gasteiger partial charge in [-0.25, -0.2) is 18.7 Å². The highest BCUT2D eigenvalue weighted by atomic mass is 35.5. The van der Waals surface area contributed by atoms with Gasteiger partial charge in [0, 0.05) is 17.4 Å². The molecule has 2 aromatic carbocycles. The molecule has 0 radical (unpaired) electrons. The average Bonchev–Trinajstić information content (AvgIpc) is 3.04. The first-order valence-electron chi connectivity index (χ1n) is 7.43. The highest BCUT2D eigenvalue weighted by molar-refractivity contribution is 6.31. The largest absolute Gasteiger partial charge is 0.338 e. The van der Waals surface area contributed by atoms with Crippen molar-refractivity contribution >= 4 is 34.1 Å². The van der Waals surface area contributed by atoms with Crippen LogP contribution < -0.4 is 5.32 Å². The molecular weight excluding hydrogens is 346 g/mol. The number of pyridine rings is 1. The molecule has 124 valence electrons. The van der Waals surface area contributed by atoms with Gasteiger partial charge >= 0.3 is 0 Å². The van der Waals surface area contributed by atoms with Gasteiger partial charge in [0.05, 0.1) is 10.5 Å². The third-order valence-corrected chi connectivity index (χ3v) is 3.97. The first kappa shape index (κ1) is 15.5. The summed E-state index contributed by atoms with van der Waals surface area (Å²) in [6, 6.07) is 12.2. The molecule has 0 fully saturated rings. The summed E-state index contributed by atoms with van der Waals surface area (Å²) in [5.74, 6) is 0.184. The second kappa shape index (κ2) is 6.14. The molecule has 0 saturated heterocycles. The summed E-state index contributed by atoms with van der Waals surface area (Å²) in [5, 5.41) is 3.09. The molecule has 2 aromatic heterocycles. The van der Waals surface area contributed by atoms with Crippen LogP contribution in [0.2, 0.25) is 5.02 Å². The van der Waals surface area contributed by atoms with Crippen LogP contribution in [0.25, 0.3) is 22.4 Å². The van der Waals surface area contributed by atoms with E-state index in [1.807, 2.05) is 0 Å². The molecule has 0 bridgehead atoms. The van der Waals surface area contributed by atoms with Crippen molar-refractivity contribution in [2.75, 3.05) is 5.32 Å². The van der Waals surface area contributed by atoms with Crippen molar-refractivity contribution in [1.29, 1.82) is 0 Å². The Kier molecular flexibility index (Phi) is 3.82. The number of nitrogens with one attached hydrogen (secondary N) is 2. The van der Waals surface area contributed by atoms with Crippen LogP contribution in [0.4, 0.5) is 20.3 Å². The summed E-state index contributed by atoms with van der Waals surface area (Å²) in [6.07, 6.45) is 1.61. The Bertz CT molecular complexity index is 1080. The van der Waals surface area contributed by atoms with Gasteiger partial charge in [0.2, 0.25) is 0 Å². The lowest BCUT2D eigenvalue weighted by molar-refractivity contribution is 0.628. The van der Waals surface area contributed by atoms with E-state index in [1.54, 1.807) is 30.5 Å². The molecule has 4 nitrogen and oxygen atoms in total. The second-order valence-electron chi connectivity index (χ2n) is 5.41. The summed E-state index contributed by atoms with van der Waals surface area (Å²) in [4.78, 5) is 11.9. The number of rotatable bonds is 3. The van der Waals surface area contributed by atoms with Crippen molar-refractivity contribution in [3.05, 3.63) is 71.4 Å². The number of hydrogen-bond donors (Lipinski definition) is 2. The molecule has 0 aliphatic carbocycles. The monoisotopic (exact) mass is 356 g/mol. The van der Waals surface area contributed by atoms with Crippen LogP contribution in [0, 0.1) is 11.6 Å². The van der Waals surface area contributed by atoms with Crippen molar-refractivity contribution in [3.8, 4) is 11.4 Å². The third-order valence-electron chi connectivity index (χ3n) is 3.68. The normalized spacial score (nSPS) is 11.0. The van der Waals surface area contributed by atoms with Gasteiger partial charge in [-0.3, -0.25) is 0 Å². The molecule has 0 atom stereocenters. The van der Waals surface area contributed by atoms with Gasteiger partial charge in [0.25, 0.3) is 0 Å². The molecule has 2 heterocycles. The Morgan fingerprint density at radius 2 is 1.92 bits per heavy atom. The third kappa shape index (κ3) is 3.04. The minimum absolute atomic E-state index is 0.0136. The Balaban J connectivity index is 1.76. The minimum atomic E-state index is -0.494. The minimum Gasteiger partial charge on any atom is -0.338 e. The quantitative estimate of drug-likeness (QED) is 0.523. The van der Waals surface area contributed by atoms with Crippen LogP contribution in [0.5, 0.6) is 0 Å². The summed E-state index contributed by atoms with van der Waals surface area (Å²) < 4.78 is 26.7. The van der Waals surface area contributed by atoms with Gasteiger partial charge in [-0.2, -0.15) is 0 Å². The molecule has 0 spiro atoms. The first-order valence-corrected chi connectivity index (χ1v) is 7.81. The predicted molar refractivity (Wildman–Crippen MR) is 94.0 cm³/mol. The molecule has 7 heteroatoms. The zero-order valence-corrected chi connectivity index (χ0v) is 13.5. The lowest BCUT2D eigenvalue weighted by Gasteiger charge is -2.06. The lowest BCUT2D eigenvalue weighted by Crippen LogP contribution is -1.95. The molecule has 0 aliphatic rings.